The molecule has 0 saturated heterocycles. The predicted molar refractivity (Wildman–Crippen MR) is 81.9 cm³/mol. The molecular formula is C11H14Cl2N4O5. The molecule has 9 nitrogen and oxygen atoms in total. The van der Waals surface area contributed by atoms with Crippen molar-refractivity contribution in [1.82, 2.24) is 9.95 Å². The largest absolute Gasteiger partial charge is 0.277 e. The number of amides is 1. The van der Waals surface area contributed by atoms with Gasteiger partial charge in [-0.25, -0.2) is 0 Å². The monoisotopic (exact) mass is 352 g/mol. The number of hydrogen-bond acceptors (Lipinski definition) is 6. The topological polar surface area (TPSA) is 119 Å². The van der Waals surface area contributed by atoms with E-state index >= 15 is 0 Å². The molecule has 0 bridgehead atoms. The number of nitrogens with zero attached hydrogens (tertiary/aromatic N) is 3. The van der Waals surface area contributed by atoms with Crippen LogP contribution in [0.25, 0.3) is 0 Å². The van der Waals surface area contributed by atoms with Crippen molar-refractivity contribution in [3.05, 3.63) is 44.0 Å². The summed E-state index contributed by atoms with van der Waals surface area (Å²) in [6, 6.07) is 2.66. The number of nitro benzene ring substituents is 2. The SMILES string of the molecule is CC(C)(C)N(Cl)NC(=O)c1cc([N+](=O)[O-])cc([N+](=O)[O-])c1.Cl. The number of carbonyl (C=O) groups is 1. The van der Waals surface area contributed by atoms with Crippen LogP contribution in [0.4, 0.5) is 11.4 Å². The fourth-order valence-corrected chi connectivity index (χ4v) is 1.34. The number of non-ortho nitro benzene ring substituents is 2. The van der Waals surface area contributed by atoms with E-state index in [9.17, 15) is 25.0 Å². The maximum Gasteiger partial charge on any atom is 0.277 e. The van der Waals surface area contributed by atoms with Crippen LogP contribution in [-0.4, -0.2) is 25.8 Å². The Kier molecular flexibility index (Phi) is 6.68. The summed E-state index contributed by atoms with van der Waals surface area (Å²) in [6.07, 6.45) is 0. The van der Waals surface area contributed by atoms with E-state index in [1.54, 1.807) is 20.8 Å². The Morgan fingerprint density at radius 3 is 1.86 bits per heavy atom. The highest BCUT2D eigenvalue weighted by molar-refractivity contribution is 6.14. The van der Waals surface area contributed by atoms with Gasteiger partial charge in [0.1, 0.15) is 0 Å². The number of halogens is 2. The van der Waals surface area contributed by atoms with E-state index in [0.29, 0.717) is 0 Å². The predicted octanol–water partition coefficient (Wildman–Crippen LogP) is 2.82. The summed E-state index contributed by atoms with van der Waals surface area (Å²) >= 11 is 5.84. The minimum atomic E-state index is -0.813. The van der Waals surface area contributed by atoms with Gasteiger partial charge in [0.05, 0.1) is 21.5 Å². The van der Waals surface area contributed by atoms with Gasteiger partial charge in [-0.1, -0.05) is 0 Å². The van der Waals surface area contributed by atoms with Crippen molar-refractivity contribution < 1.29 is 14.6 Å². The van der Waals surface area contributed by atoms with Crippen LogP contribution in [0.2, 0.25) is 0 Å². The molecule has 0 fully saturated rings. The Hall–Kier alpha value is -1.97. The molecule has 1 aromatic carbocycles. The van der Waals surface area contributed by atoms with Gasteiger partial charge in [-0.15, -0.1) is 16.9 Å². The Bertz CT molecular complexity index is 570. The van der Waals surface area contributed by atoms with Crippen molar-refractivity contribution in [2.75, 3.05) is 0 Å². The van der Waals surface area contributed by atoms with E-state index < -0.39 is 32.7 Å². The van der Waals surface area contributed by atoms with E-state index in [0.717, 1.165) is 22.7 Å². The molecule has 11 heteroatoms. The summed E-state index contributed by atoms with van der Waals surface area (Å²) in [6.45, 7) is 5.16. The molecule has 0 aliphatic carbocycles. The summed E-state index contributed by atoms with van der Waals surface area (Å²) in [7, 11) is 0. The molecule has 1 aromatic rings. The van der Waals surface area contributed by atoms with Crippen LogP contribution in [0.15, 0.2) is 18.2 Å². The zero-order valence-electron chi connectivity index (χ0n) is 11.9. The summed E-state index contributed by atoms with van der Waals surface area (Å²) in [5, 5.41) is 21.5. The minimum Gasteiger partial charge on any atom is -0.270 e. The number of rotatable bonds is 4. The number of carbonyl (C=O) groups excluding carboxylic acids is 1. The molecule has 0 unspecified atom stereocenters. The second-order valence-electron chi connectivity index (χ2n) is 5.14. The third-order valence-electron chi connectivity index (χ3n) is 2.38. The molecule has 0 atom stereocenters. The zero-order chi connectivity index (χ0) is 16.4. The molecule has 0 aliphatic rings. The molecule has 0 radical (unpaired) electrons. The van der Waals surface area contributed by atoms with E-state index in [1.165, 1.54) is 0 Å². The van der Waals surface area contributed by atoms with Gasteiger partial charge >= 0.3 is 0 Å². The van der Waals surface area contributed by atoms with Gasteiger partial charge in [0.2, 0.25) is 0 Å². The summed E-state index contributed by atoms with van der Waals surface area (Å²) < 4.78 is 0.986. The van der Waals surface area contributed by atoms with Gasteiger partial charge in [0.15, 0.2) is 0 Å². The highest BCUT2D eigenvalue weighted by Crippen LogP contribution is 2.23. The summed E-state index contributed by atoms with van der Waals surface area (Å²) in [5.41, 5.74) is 0.345. The van der Waals surface area contributed by atoms with Crippen molar-refractivity contribution in [2.24, 2.45) is 0 Å². The van der Waals surface area contributed by atoms with Crippen molar-refractivity contribution in [1.29, 1.82) is 0 Å². The second-order valence-corrected chi connectivity index (χ2v) is 5.48. The molecule has 122 valence electrons. The third kappa shape index (κ3) is 5.10. The molecule has 1 rings (SSSR count). The number of nitro groups is 2. The number of nitrogens with one attached hydrogen (secondary N) is 1. The molecule has 0 aliphatic heterocycles. The lowest BCUT2D eigenvalue weighted by Crippen LogP contribution is -2.46. The summed E-state index contributed by atoms with van der Waals surface area (Å²) in [4.78, 5) is 31.8. The lowest BCUT2D eigenvalue weighted by atomic mass is 10.1. The molecule has 0 heterocycles. The average Bonchev–Trinajstić information content (AvgIpc) is 2.36. The smallest absolute Gasteiger partial charge is 0.270 e. The Morgan fingerprint density at radius 1 is 1.14 bits per heavy atom. The maximum absolute atomic E-state index is 12.0. The van der Waals surface area contributed by atoms with Crippen LogP contribution in [0.1, 0.15) is 31.1 Å². The summed E-state index contributed by atoms with van der Waals surface area (Å²) in [5.74, 6) is -0.785. The standard InChI is InChI=1S/C11H13ClN4O5.ClH/c1-11(2,3)16(12)13-10(17)7-4-8(14(18)19)6-9(5-7)15(20)21;/h4-6H,1-3H3,(H,13,17);1H. The zero-order valence-corrected chi connectivity index (χ0v) is 13.5. The maximum atomic E-state index is 12.0. The van der Waals surface area contributed by atoms with E-state index in [2.05, 4.69) is 5.43 Å². The highest BCUT2D eigenvalue weighted by Gasteiger charge is 2.24. The number of benzene rings is 1. The minimum absolute atomic E-state index is 0. The van der Waals surface area contributed by atoms with Crippen molar-refractivity contribution in [3.8, 4) is 0 Å². The highest BCUT2D eigenvalue weighted by atomic mass is 35.5. The van der Waals surface area contributed by atoms with Crippen LogP contribution in [-0.2, 0) is 0 Å². The molecule has 1 N–H and O–H groups in total. The van der Waals surface area contributed by atoms with Gasteiger partial charge in [-0.3, -0.25) is 30.4 Å². The second kappa shape index (κ2) is 7.34. The molecule has 0 spiro atoms. The first-order valence-electron chi connectivity index (χ1n) is 5.73. The average molecular weight is 353 g/mol. The van der Waals surface area contributed by atoms with Crippen LogP contribution in [0.3, 0.4) is 0 Å². The van der Waals surface area contributed by atoms with Crippen LogP contribution in [0.5, 0.6) is 0 Å². The molecule has 0 aromatic heterocycles. The van der Waals surface area contributed by atoms with E-state index in [4.69, 9.17) is 11.8 Å². The van der Waals surface area contributed by atoms with Crippen molar-refractivity contribution >= 4 is 41.5 Å². The molecule has 0 saturated carbocycles. The first kappa shape index (κ1) is 20.0. The van der Waals surface area contributed by atoms with Gasteiger partial charge in [0.25, 0.3) is 17.3 Å². The quantitative estimate of drug-likeness (QED) is 0.505. The van der Waals surface area contributed by atoms with Crippen molar-refractivity contribution in [2.45, 2.75) is 26.3 Å². The van der Waals surface area contributed by atoms with Crippen molar-refractivity contribution in [3.63, 3.8) is 0 Å². The number of hydrogen-bond donors (Lipinski definition) is 1. The lowest BCUT2D eigenvalue weighted by Gasteiger charge is -2.28. The van der Waals surface area contributed by atoms with E-state index in [1.807, 2.05) is 0 Å². The first-order chi connectivity index (χ1) is 9.52. The van der Waals surface area contributed by atoms with Gasteiger partial charge < -0.3 is 0 Å². The number of hydrazine groups is 1. The van der Waals surface area contributed by atoms with Crippen LogP contribution in [0, 0.1) is 20.2 Å². The fourth-order valence-electron chi connectivity index (χ4n) is 1.26. The Labute approximate surface area is 137 Å². The van der Waals surface area contributed by atoms with Crippen LogP contribution >= 0.6 is 24.2 Å². The Morgan fingerprint density at radius 2 is 1.55 bits per heavy atom. The molecule has 22 heavy (non-hydrogen) atoms. The normalized spacial score (nSPS) is 10.8. The van der Waals surface area contributed by atoms with Crippen LogP contribution < -0.4 is 5.43 Å². The van der Waals surface area contributed by atoms with Gasteiger partial charge in [0, 0.05) is 29.4 Å². The molecular weight excluding hydrogens is 339 g/mol. The first-order valence-corrected chi connectivity index (χ1v) is 6.07. The Balaban J connectivity index is 0.00000441. The van der Waals surface area contributed by atoms with Gasteiger partial charge in [-0.05, 0) is 20.8 Å². The lowest BCUT2D eigenvalue weighted by molar-refractivity contribution is -0.394. The third-order valence-corrected chi connectivity index (χ3v) is 2.97. The fraction of sp³-hybridized carbons (Fsp3) is 0.364. The van der Waals surface area contributed by atoms with E-state index in [-0.39, 0.29) is 18.0 Å². The molecule has 1 amide bonds. The van der Waals surface area contributed by atoms with Gasteiger partial charge in [-0.2, -0.15) is 0 Å².